The summed E-state index contributed by atoms with van der Waals surface area (Å²) >= 11 is 0. The molecule has 150 valence electrons. The Balaban J connectivity index is 1.88. The third kappa shape index (κ3) is 4.03. The van der Waals surface area contributed by atoms with Gasteiger partial charge in [0.1, 0.15) is 29.2 Å². The summed E-state index contributed by atoms with van der Waals surface area (Å²) in [5, 5.41) is 7.32. The van der Waals surface area contributed by atoms with Gasteiger partial charge in [-0.2, -0.15) is 5.10 Å². The molecule has 5 N–H and O–H groups in total. The molecular weight excluding hydrogens is 391 g/mol. The Morgan fingerprint density at radius 2 is 1.69 bits per heavy atom. The molecular formula is C18H14F3N5O3. The number of primary amides is 2. The molecule has 0 bridgehead atoms. The molecule has 2 aromatic carbocycles. The van der Waals surface area contributed by atoms with Gasteiger partial charge in [0.2, 0.25) is 5.91 Å². The Bertz CT molecular complexity index is 1040. The molecule has 0 spiro atoms. The number of nitrogens with zero attached hydrogens (tertiary/aromatic N) is 2. The second-order valence-corrected chi connectivity index (χ2v) is 6.12. The predicted octanol–water partition coefficient (Wildman–Crippen LogP) is 1.26. The number of nitrogens with one attached hydrogen (secondary N) is 1. The first kappa shape index (κ1) is 19.9. The van der Waals surface area contributed by atoms with Crippen LogP contribution in [0.25, 0.3) is 0 Å². The summed E-state index contributed by atoms with van der Waals surface area (Å²) in [5.41, 5.74) is 9.38. The number of hydrogen-bond acceptors (Lipinski definition) is 5. The summed E-state index contributed by atoms with van der Waals surface area (Å²) in [5.74, 6) is -5.66. The summed E-state index contributed by atoms with van der Waals surface area (Å²) in [6, 6.07) is 5.09. The number of carbonyl (C=O) groups is 3. The van der Waals surface area contributed by atoms with Crippen LogP contribution in [0.5, 0.6) is 0 Å². The van der Waals surface area contributed by atoms with Crippen LogP contribution in [0.15, 0.2) is 41.5 Å². The number of amides is 3. The molecule has 1 aliphatic heterocycles. The number of hydrazone groups is 1. The van der Waals surface area contributed by atoms with Crippen LogP contribution in [-0.2, 0) is 9.59 Å². The van der Waals surface area contributed by atoms with Crippen molar-refractivity contribution in [3.05, 3.63) is 59.4 Å². The third-order valence-corrected chi connectivity index (χ3v) is 4.16. The van der Waals surface area contributed by atoms with E-state index in [1.807, 2.05) is 0 Å². The first-order valence-electron chi connectivity index (χ1n) is 8.19. The first-order valence-corrected chi connectivity index (χ1v) is 8.19. The summed E-state index contributed by atoms with van der Waals surface area (Å²) < 4.78 is 40.7. The van der Waals surface area contributed by atoms with Crippen molar-refractivity contribution in [1.82, 2.24) is 0 Å². The van der Waals surface area contributed by atoms with Crippen LogP contribution >= 0.6 is 0 Å². The number of hydrogen-bond donors (Lipinski definition) is 3. The Kier molecular flexibility index (Phi) is 5.22. The van der Waals surface area contributed by atoms with Crippen LogP contribution in [0.2, 0.25) is 0 Å². The van der Waals surface area contributed by atoms with Crippen molar-refractivity contribution in [3.8, 4) is 0 Å². The van der Waals surface area contributed by atoms with Crippen LogP contribution in [0.1, 0.15) is 16.8 Å². The highest BCUT2D eigenvalue weighted by molar-refractivity contribution is 6.44. The van der Waals surface area contributed by atoms with Gasteiger partial charge in [-0.05, 0) is 30.3 Å². The van der Waals surface area contributed by atoms with E-state index in [1.54, 1.807) is 0 Å². The van der Waals surface area contributed by atoms with Crippen molar-refractivity contribution in [2.45, 2.75) is 12.5 Å². The van der Waals surface area contributed by atoms with Crippen LogP contribution in [0, 0.1) is 17.5 Å². The SMILES string of the molecule is NC(=O)c1cc(NC(=O)C2=NN(c3ccc(F)cc3)C(C(N)=O)C2)c(F)cc1F. The molecule has 0 saturated carbocycles. The minimum Gasteiger partial charge on any atom is -0.368 e. The van der Waals surface area contributed by atoms with Crippen molar-refractivity contribution in [2.24, 2.45) is 16.6 Å². The molecule has 1 unspecified atom stereocenters. The number of halogens is 3. The van der Waals surface area contributed by atoms with Gasteiger partial charge in [0.05, 0.1) is 16.9 Å². The molecule has 11 heteroatoms. The Hall–Kier alpha value is -3.89. The lowest BCUT2D eigenvalue weighted by molar-refractivity contribution is -0.119. The topological polar surface area (TPSA) is 131 Å². The molecule has 0 aromatic heterocycles. The fourth-order valence-corrected chi connectivity index (χ4v) is 2.73. The van der Waals surface area contributed by atoms with Crippen molar-refractivity contribution in [1.29, 1.82) is 0 Å². The lowest BCUT2D eigenvalue weighted by Gasteiger charge is -2.20. The zero-order valence-corrected chi connectivity index (χ0v) is 14.7. The average Bonchev–Trinajstić information content (AvgIpc) is 3.10. The molecule has 0 fully saturated rings. The van der Waals surface area contributed by atoms with Crippen LogP contribution in [0.3, 0.4) is 0 Å². The van der Waals surface area contributed by atoms with E-state index >= 15 is 0 Å². The van der Waals surface area contributed by atoms with Gasteiger partial charge in [-0.3, -0.25) is 19.4 Å². The van der Waals surface area contributed by atoms with Gasteiger partial charge in [0.15, 0.2) is 0 Å². The molecule has 2 aromatic rings. The first-order chi connectivity index (χ1) is 13.7. The highest BCUT2D eigenvalue weighted by Gasteiger charge is 2.35. The Labute approximate surface area is 162 Å². The minimum absolute atomic E-state index is 0.178. The van der Waals surface area contributed by atoms with E-state index < -0.39 is 52.5 Å². The number of carbonyl (C=O) groups excluding carboxylic acids is 3. The molecule has 0 saturated heterocycles. The van der Waals surface area contributed by atoms with E-state index in [1.165, 1.54) is 12.1 Å². The number of nitrogens with two attached hydrogens (primary N) is 2. The smallest absolute Gasteiger partial charge is 0.272 e. The van der Waals surface area contributed by atoms with Gasteiger partial charge in [-0.15, -0.1) is 0 Å². The molecule has 1 aliphatic rings. The zero-order chi connectivity index (χ0) is 21.3. The fraction of sp³-hybridized carbons (Fsp3) is 0.111. The maximum absolute atomic E-state index is 14.0. The van der Waals surface area contributed by atoms with Gasteiger partial charge >= 0.3 is 0 Å². The van der Waals surface area contributed by atoms with Crippen LogP contribution in [-0.4, -0.2) is 29.5 Å². The van der Waals surface area contributed by atoms with E-state index in [4.69, 9.17) is 11.5 Å². The Morgan fingerprint density at radius 3 is 2.28 bits per heavy atom. The second-order valence-electron chi connectivity index (χ2n) is 6.12. The summed E-state index contributed by atoms with van der Waals surface area (Å²) in [6.45, 7) is 0. The molecule has 29 heavy (non-hydrogen) atoms. The van der Waals surface area contributed by atoms with E-state index in [0.717, 1.165) is 23.2 Å². The van der Waals surface area contributed by atoms with Gasteiger partial charge in [-0.25, -0.2) is 13.2 Å². The number of rotatable bonds is 5. The Morgan fingerprint density at radius 1 is 1.03 bits per heavy atom. The predicted molar refractivity (Wildman–Crippen MR) is 97.4 cm³/mol. The molecule has 8 nitrogen and oxygen atoms in total. The van der Waals surface area contributed by atoms with E-state index in [0.29, 0.717) is 11.8 Å². The van der Waals surface area contributed by atoms with Gasteiger partial charge in [0.25, 0.3) is 11.8 Å². The van der Waals surface area contributed by atoms with Crippen molar-refractivity contribution >= 4 is 34.8 Å². The second kappa shape index (κ2) is 7.62. The molecule has 3 rings (SSSR count). The van der Waals surface area contributed by atoms with Gasteiger partial charge in [0, 0.05) is 12.5 Å². The van der Waals surface area contributed by atoms with E-state index in [9.17, 15) is 27.6 Å². The maximum Gasteiger partial charge on any atom is 0.272 e. The fourth-order valence-electron chi connectivity index (χ4n) is 2.73. The summed E-state index contributed by atoms with van der Waals surface area (Å²) in [4.78, 5) is 35.4. The molecule has 0 radical (unpaired) electrons. The summed E-state index contributed by atoms with van der Waals surface area (Å²) in [6.07, 6.45) is -0.204. The summed E-state index contributed by atoms with van der Waals surface area (Å²) in [7, 11) is 0. The van der Waals surface area contributed by atoms with Crippen molar-refractivity contribution < 1.29 is 27.6 Å². The molecule has 1 heterocycles. The molecule has 3 amide bonds. The zero-order valence-electron chi connectivity index (χ0n) is 14.7. The highest BCUT2D eigenvalue weighted by Crippen LogP contribution is 2.26. The molecule has 0 aliphatic carbocycles. The lowest BCUT2D eigenvalue weighted by atomic mass is 10.1. The van der Waals surface area contributed by atoms with Crippen LogP contribution < -0.4 is 21.8 Å². The highest BCUT2D eigenvalue weighted by atomic mass is 19.1. The number of benzene rings is 2. The van der Waals surface area contributed by atoms with Crippen LogP contribution in [0.4, 0.5) is 24.5 Å². The van der Waals surface area contributed by atoms with E-state index in [2.05, 4.69) is 10.4 Å². The quantitative estimate of drug-likeness (QED) is 0.691. The number of anilines is 2. The van der Waals surface area contributed by atoms with Crippen molar-refractivity contribution in [3.63, 3.8) is 0 Å². The largest absolute Gasteiger partial charge is 0.368 e. The van der Waals surface area contributed by atoms with Gasteiger partial charge < -0.3 is 16.8 Å². The van der Waals surface area contributed by atoms with Crippen molar-refractivity contribution in [2.75, 3.05) is 10.3 Å². The monoisotopic (exact) mass is 405 g/mol. The normalized spacial score (nSPS) is 15.8. The molecule has 1 atom stereocenters. The van der Waals surface area contributed by atoms with E-state index in [-0.39, 0.29) is 12.1 Å². The third-order valence-electron chi connectivity index (χ3n) is 4.16. The average molecular weight is 405 g/mol. The minimum atomic E-state index is -1.18. The lowest BCUT2D eigenvalue weighted by Crippen LogP contribution is -2.39. The van der Waals surface area contributed by atoms with Gasteiger partial charge in [-0.1, -0.05) is 0 Å². The maximum atomic E-state index is 14.0. The standard InChI is InChI=1S/C18H14F3N5O3/c19-8-1-3-9(4-2-8)26-15(17(23)28)7-14(25-26)18(29)24-13-5-10(16(22)27)11(20)6-12(13)21/h1-6,15H,7H2,(H2,22,27)(H2,23,28)(H,24,29).